The Kier molecular flexibility index (Phi) is 4.63. The van der Waals surface area contributed by atoms with Crippen molar-refractivity contribution in [3.8, 4) is 5.75 Å². The summed E-state index contributed by atoms with van der Waals surface area (Å²) in [5.74, 6) is 1.96. The number of rotatable bonds is 6. The number of furan rings is 1. The number of benzene rings is 1. The summed E-state index contributed by atoms with van der Waals surface area (Å²) < 4.78 is 10.8. The molecule has 0 aliphatic heterocycles. The summed E-state index contributed by atoms with van der Waals surface area (Å²) in [7, 11) is 3.68. The zero-order chi connectivity index (χ0) is 13.7. The zero-order valence-electron chi connectivity index (χ0n) is 11.8. The lowest BCUT2D eigenvalue weighted by Crippen LogP contribution is -2.19. The zero-order valence-corrected chi connectivity index (χ0v) is 11.8. The highest BCUT2D eigenvalue weighted by Crippen LogP contribution is 2.24. The van der Waals surface area contributed by atoms with Crippen LogP contribution >= 0.6 is 0 Å². The molecule has 3 heteroatoms. The molecule has 1 unspecified atom stereocenters. The normalized spacial score (nSPS) is 12.4. The van der Waals surface area contributed by atoms with Crippen LogP contribution in [0.5, 0.6) is 5.75 Å². The Bertz CT molecular complexity index is 519. The van der Waals surface area contributed by atoms with Gasteiger partial charge in [-0.2, -0.15) is 0 Å². The number of hydrogen-bond donors (Lipinski definition) is 1. The number of likely N-dealkylation sites (N-methyl/N-ethyl adjacent to an activating group) is 1. The molecule has 2 aromatic rings. The van der Waals surface area contributed by atoms with Gasteiger partial charge in [0.2, 0.25) is 0 Å². The van der Waals surface area contributed by atoms with Crippen LogP contribution in [-0.4, -0.2) is 14.2 Å². The van der Waals surface area contributed by atoms with E-state index < -0.39 is 0 Å². The maximum absolute atomic E-state index is 5.51. The molecule has 0 spiro atoms. The minimum absolute atomic E-state index is 0.265. The van der Waals surface area contributed by atoms with Crippen LogP contribution in [0.2, 0.25) is 0 Å². The molecule has 102 valence electrons. The van der Waals surface area contributed by atoms with Crippen LogP contribution in [0.3, 0.4) is 0 Å². The van der Waals surface area contributed by atoms with Gasteiger partial charge in [-0.15, -0.1) is 0 Å². The molecule has 0 saturated carbocycles. The third-order valence-electron chi connectivity index (χ3n) is 3.40. The van der Waals surface area contributed by atoms with Crippen molar-refractivity contribution < 1.29 is 9.15 Å². The second-order valence-electron chi connectivity index (χ2n) is 4.55. The van der Waals surface area contributed by atoms with Crippen LogP contribution in [0, 0.1) is 0 Å². The van der Waals surface area contributed by atoms with Crippen molar-refractivity contribution in [2.75, 3.05) is 14.2 Å². The molecular weight excluding hydrogens is 238 g/mol. The first-order chi connectivity index (χ1) is 9.28. The van der Waals surface area contributed by atoms with Gasteiger partial charge in [0, 0.05) is 18.0 Å². The van der Waals surface area contributed by atoms with Gasteiger partial charge in [-0.25, -0.2) is 0 Å². The SMILES string of the molecule is CCc1occc1C(Cc1cccc(OC)c1)NC. The average molecular weight is 259 g/mol. The van der Waals surface area contributed by atoms with Crippen LogP contribution in [0.25, 0.3) is 0 Å². The Hall–Kier alpha value is -1.74. The van der Waals surface area contributed by atoms with Gasteiger partial charge in [0.1, 0.15) is 11.5 Å². The van der Waals surface area contributed by atoms with Crippen LogP contribution in [0.15, 0.2) is 41.0 Å². The van der Waals surface area contributed by atoms with Crippen molar-refractivity contribution in [3.63, 3.8) is 0 Å². The van der Waals surface area contributed by atoms with Crippen molar-refractivity contribution in [2.24, 2.45) is 0 Å². The molecule has 0 saturated heterocycles. The third-order valence-corrected chi connectivity index (χ3v) is 3.40. The molecule has 1 atom stereocenters. The summed E-state index contributed by atoms with van der Waals surface area (Å²) in [6.45, 7) is 2.11. The van der Waals surface area contributed by atoms with E-state index in [0.717, 1.165) is 24.4 Å². The maximum Gasteiger partial charge on any atom is 0.119 e. The molecule has 1 aromatic heterocycles. The summed E-state index contributed by atoms with van der Waals surface area (Å²) in [5, 5.41) is 3.36. The van der Waals surface area contributed by atoms with Crippen LogP contribution in [0.1, 0.15) is 29.9 Å². The predicted molar refractivity (Wildman–Crippen MR) is 76.6 cm³/mol. The van der Waals surface area contributed by atoms with Gasteiger partial charge in [-0.05, 0) is 37.2 Å². The molecule has 1 heterocycles. The summed E-state index contributed by atoms with van der Waals surface area (Å²) in [4.78, 5) is 0. The Labute approximate surface area is 114 Å². The van der Waals surface area contributed by atoms with Gasteiger partial charge in [-0.3, -0.25) is 0 Å². The minimum Gasteiger partial charge on any atom is -0.497 e. The Morgan fingerprint density at radius 3 is 2.84 bits per heavy atom. The van der Waals surface area contributed by atoms with Crippen LogP contribution in [-0.2, 0) is 12.8 Å². The maximum atomic E-state index is 5.51. The molecule has 1 N–H and O–H groups in total. The van der Waals surface area contributed by atoms with Crippen molar-refractivity contribution in [3.05, 3.63) is 53.5 Å². The van der Waals surface area contributed by atoms with Crippen LogP contribution < -0.4 is 10.1 Å². The Balaban J connectivity index is 2.19. The molecule has 0 bridgehead atoms. The fourth-order valence-electron chi connectivity index (χ4n) is 2.35. The fourth-order valence-corrected chi connectivity index (χ4v) is 2.35. The highest BCUT2D eigenvalue weighted by molar-refractivity contribution is 5.31. The lowest BCUT2D eigenvalue weighted by atomic mass is 9.98. The number of ether oxygens (including phenoxy) is 1. The van der Waals surface area contributed by atoms with E-state index in [1.807, 2.05) is 19.2 Å². The van der Waals surface area contributed by atoms with Crippen molar-refractivity contribution in [1.82, 2.24) is 5.32 Å². The molecule has 0 fully saturated rings. The van der Waals surface area contributed by atoms with E-state index in [2.05, 4.69) is 30.4 Å². The van der Waals surface area contributed by atoms with E-state index in [-0.39, 0.29) is 6.04 Å². The molecule has 0 aliphatic carbocycles. The summed E-state index contributed by atoms with van der Waals surface area (Å²) >= 11 is 0. The molecule has 2 rings (SSSR count). The average Bonchev–Trinajstić information content (AvgIpc) is 2.93. The van der Waals surface area contributed by atoms with Crippen molar-refractivity contribution in [1.29, 1.82) is 0 Å². The lowest BCUT2D eigenvalue weighted by Gasteiger charge is -2.16. The Morgan fingerprint density at radius 1 is 1.32 bits per heavy atom. The first kappa shape index (κ1) is 13.7. The van der Waals surface area contributed by atoms with Gasteiger partial charge < -0.3 is 14.5 Å². The molecule has 0 amide bonds. The van der Waals surface area contributed by atoms with E-state index in [4.69, 9.17) is 9.15 Å². The highest BCUT2D eigenvalue weighted by atomic mass is 16.5. The van der Waals surface area contributed by atoms with E-state index >= 15 is 0 Å². The van der Waals surface area contributed by atoms with E-state index in [1.54, 1.807) is 13.4 Å². The molecule has 19 heavy (non-hydrogen) atoms. The number of nitrogens with one attached hydrogen (secondary N) is 1. The number of methoxy groups -OCH3 is 1. The Morgan fingerprint density at radius 2 is 2.16 bits per heavy atom. The van der Waals surface area contributed by atoms with Crippen molar-refractivity contribution >= 4 is 0 Å². The summed E-state index contributed by atoms with van der Waals surface area (Å²) in [5.41, 5.74) is 2.50. The minimum atomic E-state index is 0.265. The first-order valence-corrected chi connectivity index (χ1v) is 6.65. The van der Waals surface area contributed by atoms with Gasteiger partial charge in [0.25, 0.3) is 0 Å². The summed E-state index contributed by atoms with van der Waals surface area (Å²) in [6, 6.07) is 10.5. The van der Waals surface area contributed by atoms with Crippen molar-refractivity contribution in [2.45, 2.75) is 25.8 Å². The van der Waals surface area contributed by atoms with Gasteiger partial charge in [0.05, 0.1) is 13.4 Å². The smallest absolute Gasteiger partial charge is 0.119 e. The third kappa shape index (κ3) is 3.18. The van der Waals surface area contributed by atoms with Crippen LogP contribution in [0.4, 0.5) is 0 Å². The first-order valence-electron chi connectivity index (χ1n) is 6.65. The molecule has 3 nitrogen and oxygen atoms in total. The lowest BCUT2D eigenvalue weighted by molar-refractivity contribution is 0.414. The van der Waals surface area contributed by atoms with Gasteiger partial charge in [0.15, 0.2) is 0 Å². The van der Waals surface area contributed by atoms with Gasteiger partial charge >= 0.3 is 0 Å². The second kappa shape index (κ2) is 6.43. The number of aryl methyl sites for hydroxylation is 1. The fraction of sp³-hybridized carbons (Fsp3) is 0.375. The largest absolute Gasteiger partial charge is 0.497 e. The topological polar surface area (TPSA) is 34.4 Å². The van der Waals surface area contributed by atoms with E-state index in [0.29, 0.717) is 0 Å². The monoisotopic (exact) mass is 259 g/mol. The highest BCUT2D eigenvalue weighted by Gasteiger charge is 2.16. The molecular formula is C16H21NO2. The molecule has 1 aromatic carbocycles. The number of hydrogen-bond acceptors (Lipinski definition) is 3. The second-order valence-corrected chi connectivity index (χ2v) is 4.55. The predicted octanol–water partition coefficient (Wildman–Crippen LogP) is 3.35. The van der Waals surface area contributed by atoms with E-state index in [1.165, 1.54) is 11.1 Å². The molecule has 0 aliphatic rings. The molecule has 0 radical (unpaired) electrons. The standard InChI is InChI=1S/C16H21NO2/c1-4-16-14(8-9-19-16)15(17-2)11-12-6-5-7-13(10-12)18-3/h5-10,15,17H,4,11H2,1-3H3. The van der Waals surface area contributed by atoms with Gasteiger partial charge in [-0.1, -0.05) is 19.1 Å². The summed E-state index contributed by atoms with van der Waals surface area (Å²) in [6.07, 6.45) is 3.60. The quantitative estimate of drug-likeness (QED) is 0.864. The van der Waals surface area contributed by atoms with E-state index in [9.17, 15) is 0 Å².